The van der Waals surface area contributed by atoms with Gasteiger partial charge in [0.25, 0.3) is 0 Å². The van der Waals surface area contributed by atoms with Crippen molar-refractivity contribution in [2.75, 3.05) is 18.1 Å². The van der Waals surface area contributed by atoms with Gasteiger partial charge in [0.15, 0.2) is 0 Å². The van der Waals surface area contributed by atoms with E-state index in [1.54, 1.807) is 32.0 Å². The summed E-state index contributed by atoms with van der Waals surface area (Å²) < 4.78 is 11.0. The molecule has 7 aromatic rings. The zero-order valence-corrected chi connectivity index (χ0v) is 30.8. The fourth-order valence-electron chi connectivity index (χ4n) is 6.68. The first-order valence-electron chi connectivity index (χ1n) is 17.9. The molecular formula is C48H38ClNO4. The predicted molar refractivity (Wildman–Crippen MR) is 220 cm³/mol. The number of carbonyl (C=O) groups excluding carboxylic acids is 2. The third kappa shape index (κ3) is 7.54. The van der Waals surface area contributed by atoms with E-state index in [9.17, 15) is 9.59 Å². The minimum atomic E-state index is -0.511. The van der Waals surface area contributed by atoms with Crippen molar-refractivity contribution in [3.05, 3.63) is 186 Å². The SMILES string of the molecule is CCOC(=O)c1cc(-c2ccccc2Cl)c(C(=O)OCC)cc1-c1ccc(N(c2ccc(-c3ccccc3)cc2)c2ccccc2-c2ccccc2)cc1. The predicted octanol–water partition coefficient (Wildman–Crippen LogP) is 12.8. The number of nitrogens with zero attached hydrogens (tertiary/aromatic N) is 1. The fraction of sp³-hybridized carbons (Fsp3) is 0.0833. The Balaban J connectivity index is 1.38. The molecule has 7 rings (SSSR count). The summed E-state index contributed by atoms with van der Waals surface area (Å²) in [5.74, 6) is -1.01. The first kappa shape index (κ1) is 36.0. The Hall–Kier alpha value is -6.43. The lowest BCUT2D eigenvalue weighted by Crippen LogP contribution is -2.12. The first-order valence-corrected chi connectivity index (χ1v) is 18.3. The largest absolute Gasteiger partial charge is 0.462 e. The fourth-order valence-corrected chi connectivity index (χ4v) is 6.92. The molecule has 0 amide bonds. The van der Waals surface area contributed by atoms with E-state index in [1.807, 2.05) is 84.9 Å². The maximum absolute atomic E-state index is 13.6. The number of para-hydroxylation sites is 1. The molecule has 0 aliphatic heterocycles. The topological polar surface area (TPSA) is 55.8 Å². The number of benzene rings is 7. The average molecular weight is 728 g/mol. The summed E-state index contributed by atoms with van der Waals surface area (Å²) in [6.45, 7) is 3.91. The highest BCUT2D eigenvalue weighted by Crippen LogP contribution is 2.43. The van der Waals surface area contributed by atoms with Gasteiger partial charge in [0.1, 0.15) is 0 Å². The quantitative estimate of drug-likeness (QED) is 0.124. The Kier molecular flexibility index (Phi) is 11.0. The van der Waals surface area contributed by atoms with Gasteiger partial charge in [-0.05, 0) is 95.8 Å². The number of esters is 2. The van der Waals surface area contributed by atoms with Crippen molar-refractivity contribution < 1.29 is 19.1 Å². The number of rotatable bonds is 11. The third-order valence-corrected chi connectivity index (χ3v) is 9.54. The van der Waals surface area contributed by atoms with Crippen LogP contribution in [0.4, 0.5) is 17.1 Å². The summed E-state index contributed by atoms with van der Waals surface area (Å²) in [5, 5.41) is 0.447. The number of hydrogen-bond acceptors (Lipinski definition) is 5. The number of hydrogen-bond donors (Lipinski definition) is 0. The average Bonchev–Trinajstić information content (AvgIpc) is 3.22. The first-order chi connectivity index (χ1) is 26.5. The van der Waals surface area contributed by atoms with E-state index in [2.05, 4.69) is 71.6 Å². The van der Waals surface area contributed by atoms with Crippen LogP contribution in [0.1, 0.15) is 34.6 Å². The van der Waals surface area contributed by atoms with E-state index in [0.29, 0.717) is 32.8 Å². The molecule has 0 N–H and O–H groups in total. The van der Waals surface area contributed by atoms with E-state index in [0.717, 1.165) is 44.9 Å². The lowest BCUT2D eigenvalue weighted by molar-refractivity contribution is 0.0513. The molecule has 0 fully saturated rings. The molecule has 0 radical (unpaired) electrons. The molecule has 0 unspecified atom stereocenters. The van der Waals surface area contributed by atoms with Crippen molar-refractivity contribution in [1.82, 2.24) is 0 Å². The summed E-state index contributed by atoms with van der Waals surface area (Å²) >= 11 is 6.63. The van der Waals surface area contributed by atoms with Crippen LogP contribution in [-0.2, 0) is 9.47 Å². The molecule has 0 aliphatic carbocycles. The van der Waals surface area contributed by atoms with Crippen LogP contribution < -0.4 is 4.90 Å². The molecule has 0 aliphatic rings. The summed E-state index contributed by atoms with van der Waals surface area (Å²) in [5.41, 5.74) is 10.3. The molecule has 0 spiro atoms. The molecule has 266 valence electrons. The van der Waals surface area contributed by atoms with E-state index >= 15 is 0 Å². The molecule has 0 atom stereocenters. The van der Waals surface area contributed by atoms with Gasteiger partial charge in [-0.1, -0.05) is 133 Å². The van der Waals surface area contributed by atoms with Crippen LogP contribution >= 0.6 is 11.6 Å². The highest BCUT2D eigenvalue weighted by molar-refractivity contribution is 6.33. The van der Waals surface area contributed by atoms with Crippen molar-refractivity contribution in [2.45, 2.75) is 13.8 Å². The van der Waals surface area contributed by atoms with Gasteiger partial charge in [-0.3, -0.25) is 0 Å². The summed E-state index contributed by atoms with van der Waals surface area (Å²) in [6.07, 6.45) is 0. The number of ether oxygens (including phenoxy) is 2. The molecule has 0 saturated heterocycles. The Bertz CT molecular complexity index is 2390. The van der Waals surface area contributed by atoms with Crippen molar-refractivity contribution in [3.63, 3.8) is 0 Å². The van der Waals surface area contributed by atoms with Crippen molar-refractivity contribution >= 4 is 40.6 Å². The van der Waals surface area contributed by atoms with Crippen molar-refractivity contribution in [1.29, 1.82) is 0 Å². The molecular weight excluding hydrogens is 690 g/mol. The van der Waals surface area contributed by atoms with Crippen LogP contribution in [0.15, 0.2) is 170 Å². The molecule has 0 heterocycles. The zero-order chi connectivity index (χ0) is 37.4. The molecule has 0 bridgehead atoms. The Labute approximate surface area is 321 Å². The summed E-state index contributed by atoms with van der Waals surface area (Å²) in [7, 11) is 0. The van der Waals surface area contributed by atoms with Gasteiger partial charge in [0.05, 0.1) is 30.0 Å². The second-order valence-electron chi connectivity index (χ2n) is 12.5. The molecule has 5 nitrogen and oxygen atoms in total. The zero-order valence-electron chi connectivity index (χ0n) is 30.0. The summed E-state index contributed by atoms with van der Waals surface area (Å²) in [6, 6.07) is 56.2. The van der Waals surface area contributed by atoms with Crippen LogP contribution in [0.5, 0.6) is 0 Å². The van der Waals surface area contributed by atoms with Gasteiger partial charge in [0.2, 0.25) is 0 Å². The molecule has 6 heteroatoms. The second-order valence-corrected chi connectivity index (χ2v) is 12.9. The van der Waals surface area contributed by atoms with Crippen molar-refractivity contribution in [2.24, 2.45) is 0 Å². The Morgan fingerprint density at radius 2 is 0.889 bits per heavy atom. The Morgan fingerprint density at radius 3 is 1.46 bits per heavy atom. The number of anilines is 3. The molecule has 0 saturated carbocycles. The van der Waals surface area contributed by atoms with Gasteiger partial charge >= 0.3 is 11.9 Å². The van der Waals surface area contributed by atoms with Gasteiger partial charge in [-0.2, -0.15) is 0 Å². The number of halogens is 1. The molecule has 7 aromatic carbocycles. The lowest BCUT2D eigenvalue weighted by atomic mass is 9.90. The van der Waals surface area contributed by atoms with Crippen LogP contribution in [0.3, 0.4) is 0 Å². The standard InChI is InChI=1S/C48H38ClNO4/c1-3-53-47(51)43-32-42(40-20-11-13-21-45(40)49)44(48(52)54-4-2)31-41(43)36-25-29-38(30-26-36)50(37-27-23-34(24-28-37)33-15-7-5-8-16-33)46-22-14-12-19-39(46)35-17-9-6-10-18-35/h5-32H,3-4H2,1-2H3. The summed E-state index contributed by atoms with van der Waals surface area (Å²) in [4.78, 5) is 29.3. The lowest BCUT2D eigenvalue weighted by Gasteiger charge is -2.28. The molecule has 0 aromatic heterocycles. The van der Waals surface area contributed by atoms with E-state index in [1.165, 1.54) is 0 Å². The smallest absolute Gasteiger partial charge is 0.338 e. The van der Waals surface area contributed by atoms with Crippen LogP contribution in [0.2, 0.25) is 5.02 Å². The van der Waals surface area contributed by atoms with Gasteiger partial charge in [-0.25, -0.2) is 9.59 Å². The van der Waals surface area contributed by atoms with Gasteiger partial charge in [0, 0.05) is 27.5 Å². The van der Waals surface area contributed by atoms with E-state index in [4.69, 9.17) is 21.1 Å². The highest BCUT2D eigenvalue weighted by atomic mass is 35.5. The van der Waals surface area contributed by atoms with Gasteiger partial charge < -0.3 is 14.4 Å². The van der Waals surface area contributed by atoms with Crippen molar-refractivity contribution in [3.8, 4) is 44.5 Å². The second kappa shape index (κ2) is 16.5. The van der Waals surface area contributed by atoms with Gasteiger partial charge in [-0.15, -0.1) is 0 Å². The maximum Gasteiger partial charge on any atom is 0.338 e. The monoisotopic (exact) mass is 727 g/mol. The van der Waals surface area contributed by atoms with Crippen LogP contribution in [0, 0.1) is 0 Å². The maximum atomic E-state index is 13.6. The van der Waals surface area contributed by atoms with E-state index in [-0.39, 0.29) is 13.2 Å². The minimum absolute atomic E-state index is 0.192. The number of carbonyl (C=O) groups is 2. The highest BCUT2D eigenvalue weighted by Gasteiger charge is 2.24. The van der Waals surface area contributed by atoms with Crippen LogP contribution in [0.25, 0.3) is 44.5 Å². The molecule has 54 heavy (non-hydrogen) atoms. The van der Waals surface area contributed by atoms with Crippen LogP contribution in [-0.4, -0.2) is 25.2 Å². The third-order valence-electron chi connectivity index (χ3n) is 9.21. The van der Waals surface area contributed by atoms with E-state index < -0.39 is 11.9 Å². The Morgan fingerprint density at radius 1 is 0.463 bits per heavy atom. The minimum Gasteiger partial charge on any atom is -0.462 e. The normalized spacial score (nSPS) is 10.8.